The zero-order chi connectivity index (χ0) is 21.8. The van der Waals surface area contributed by atoms with E-state index >= 15 is 0 Å². The highest BCUT2D eigenvalue weighted by atomic mass is 35.5. The second kappa shape index (κ2) is 7.56. The molecule has 4 aliphatic rings. The number of ether oxygens (including phenoxy) is 1. The summed E-state index contributed by atoms with van der Waals surface area (Å²) < 4.78 is 33.4. The molecule has 1 aromatic carbocycles. The van der Waals surface area contributed by atoms with E-state index in [1.165, 1.54) is 27.7 Å². The van der Waals surface area contributed by atoms with Crippen LogP contribution >= 0.6 is 11.6 Å². The van der Waals surface area contributed by atoms with Crippen LogP contribution in [0.1, 0.15) is 24.0 Å². The fraction of sp³-hybridized carbons (Fsp3) is 0.350. The molecule has 0 atom stereocenters. The molecule has 1 saturated heterocycles. The van der Waals surface area contributed by atoms with E-state index in [1.807, 2.05) is 25.1 Å². The van der Waals surface area contributed by atoms with Gasteiger partial charge in [-0.05, 0) is 37.5 Å². The summed E-state index contributed by atoms with van der Waals surface area (Å²) in [6.07, 6.45) is 5.04. The van der Waals surface area contributed by atoms with E-state index in [-0.39, 0.29) is 41.9 Å². The summed E-state index contributed by atoms with van der Waals surface area (Å²) >= 11 is 6.07. The molecule has 1 aromatic rings. The van der Waals surface area contributed by atoms with Crippen molar-refractivity contribution in [1.82, 2.24) is 14.8 Å². The Hall–Kier alpha value is -2.53. The van der Waals surface area contributed by atoms with Crippen LogP contribution in [0.3, 0.4) is 0 Å². The van der Waals surface area contributed by atoms with Crippen LogP contribution in [0.5, 0.6) is 0 Å². The van der Waals surface area contributed by atoms with Gasteiger partial charge in [-0.2, -0.15) is 14.3 Å². The summed E-state index contributed by atoms with van der Waals surface area (Å²) in [5, 5.41) is 1.48. The smallest absolute Gasteiger partial charge is 0.414 e. The minimum Gasteiger partial charge on any atom is -0.444 e. The molecule has 31 heavy (non-hydrogen) atoms. The Morgan fingerprint density at radius 1 is 1.19 bits per heavy atom. The van der Waals surface area contributed by atoms with Gasteiger partial charge in [0, 0.05) is 24.7 Å². The fourth-order valence-electron chi connectivity index (χ4n) is 4.38. The zero-order valence-electron chi connectivity index (χ0n) is 16.7. The first-order valence-electron chi connectivity index (χ1n) is 9.93. The number of carbonyl (C=O) groups excluding carboxylic acids is 1. The third kappa shape index (κ3) is 3.30. The number of amides is 1. The van der Waals surface area contributed by atoms with Gasteiger partial charge in [0.05, 0.1) is 11.9 Å². The number of nitrogens with one attached hydrogen (secondary N) is 1. The lowest BCUT2D eigenvalue weighted by atomic mass is 10.00. The number of nitrogens with zero attached hydrogens (tertiary/aromatic N) is 3. The average molecular weight is 465 g/mol. The molecule has 4 aliphatic heterocycles. The number of hydrogen-bond donors (Lipinski definition) is 1. The Kier molecular flexibility index (Phi) is 4.97. The normalized spacial score (nSPS) is 22.1. The van der Waals surface area contributed by atoms with Crippen molar-refractivity contribution in [3.05, 3.63) is 63.4 Å². The van der Waals surface area contributed by atoms with Gasteiger partial charge in [0.2, 0.25) is 10.0 Å². The number of piperidine rings is 1. The van der Waals surface area contributed by atoms with Gasteiger partial charge < -0.3 is 4.74 Å². The molecular weight excluding hydrogens is 444 g/mol. The second-order valence-corrected chi connectivity index (χ2v) is 9.99. The molecule has 0 aromatic heterocycles. The monoisotopic (exact) mass is 464 g/mol. The van der Waals surface area contributed by atoms with Crippen molar-refractivity contribution >= 4 is 33.4 Å². The molecule has 11 heteroatoms. The third-order valence-electron chi connectivity index (χ3n) is 5.89. The van der Waals surface area contributed by atoms with Crippen LogP contribution < -0.4 is 10.4 Å². The lowest BCUT2D eigenvalue weighted by molar-refractivity contribution is -0.117. The first kappa shape index (κ1) is 20.4. The lowest BCUT2D eigenvalue weighted by Crippen LogP contribution is -2.51. The number of halogens is 1. The van der Waals surface area contributed by atoms with Crippen LogP contribution in [0, 0.1) is 6.92 Å². The molecule has 0 saturated carbocycles. The molecule has 0 aliphatic carbocycles. The van der Waals surface area contributed by atoms with Gasteiger partial charge in [0.1, 0.15) is 22.4 Å². The molecule has 0 bridgehead atoms. The minimum absolute atomic E-state index is 0.110. The van der Waals surface area contributed by atoms with Gasteiger partial charge in [-0.1, -0.05) is 29.8 Å². The van der Waals surface area contributed by atoms with Gasteiger partial charge >= 0.3 is 6.09 Å². The Morgan fingerprint density at radius 2 is 1.97 bits per heavy atom. The van der Waals surface area contributed by atoms with Crippen LogP contribution in [0.15, 0.2) is 52.3 Å². The van der Waals surface area contributed by atoms with Crippen molar-refractivity contribution in [1.29, 1.82) is 0 Å². The van der Waals surface area contributed by atoms with Gasteiger partial charge in [0.15, 0.2) is 0 Å². The van der Waals surface area contributed by atoms with Crippen LogP contribution in [0.2, 0.25) is 0 Å². The maximum Gasteiger partial charge on any atom is 0.414 e. The SMILES string of the molecule is Cc1cccc2c1N(C1CCN(S(=O)(=O)C3=CC=C(Cl)N4ONC=C34)CC1)C(=O)OC2. The molecule has 0 unspecified atom stereocenters. The standard InChI is InChI=1S/C20H21ClN4O5S/c1-13-3-2-4-14-12-29-20(26)24(19(13)14)15-7-9-23(10-8-15)31(27,28)17-5-6-18(21)25-16(17)11-22-30-25/h2-6,11,15,22H,7-10,12H2,1H3. The second-order valence-electron chi connectivity index (χ2n) is 7.70. The topological polar surface area (TPSA) is 91.4 Å². The van der Waals surface area contributed by atoms with Gasteiger partial charge in [-0.25, -0.2) is 18.7 Å². The van der Waals surface area contributed by atoms with E-state index in [9.17, 15) is 13.2 Å². The number of sulfonamides is 1. The number of carbonyl (C=O) groups is 1. The first-order valence-corrected chi connectivity index (χ1v) is 11.7. The number of anilines is 1. The van der Waals surface area contributed by atoms with Crippen LogP contribution in [-0.2, 0) is 26.3 Å². The average Bonchev–Trinajstić information content (AvgIpc) is 3.25. The quantitative estimate of drug-likeness (QED) is 0.688. The number of aryl methyl sites for hydroxylation is 1. The van der Waals surface area contributed by atoms with E-state index in [0.29, 0.717) is 18.5 Å². The summed E-state index contributed by atoms with van der Waals surface area (Å²) in [5.41, 5.74) is 5.70. The van der Waals surface area contributed by atoms with Gasteiger partial charge in [-0.15, -0.1) is 0 Å². The summed E-state index contributed by atoms with van der Waals surface area (Å²) in [5.74, 6) is 0. The van der Waals surface area contributed by atoms with Crippen LogP contribution in [0.25, 0.3) is 0 Å². The summed E-state index contributed by atoms with van der Waals surface area (Å²) in [6.45, 7) is 2.80. The maximum atomic E-state index is 13.3. The number of para-hydroxylation sites is 1. The zero-order valence-corrected chi connectivity index (χ0v) is 18.3. The molecule has 5 rings (SSSR count). The van der Waals surface area contributed by atoms with Gasteiger partial charge in [-0.3, -0.25) is 4.90 Å². The molecule has 1 amide bonds. The lowest BCUT2D eigenvalue weighted by Gasteiger charge is -2.40. The van der Waals surface area contributed by atoms with Crippen molar-refractivity contribution in [2.75, 3.05) is 18.0 Å². The number of rotatable bonds is 3. The molecule has 164 valence electrons. The molecule has 1 fully saturated rings. The number of allylic oxidation sites excluding steroid dienone is 2. The fourth-order valence-corrected chi connectivity index (χ4v) is 6.19. The van der Waals surface area contributed by atoms with E-state index in [4.69, 9.17) is 21.3 Å². The Bertz CT molecular complexity index is 1140. The van der Waals surface area contributed by atoms with Crippen molar-refractivity contribution < 1.29 is 22.9 Å². The van der Waals surface area contributed by atoms with Crippen LogP contribution in [-0.4, -0.2) is 43.0 Å². The summed E-state index contributed by atoms with van der Waals surface area (Å²) in [7, 11) is -3.77. The van der Waals surface area contributed by atoms with Crippen molar-refractivity contribution in [3.8, 4) is 0 Å². The molecule has 1 N–H and O–H groups in total. The van der Waals surface area contributed by atoms with Crippen LogP contribution in [0.4, 0.5) is 10.5 Å². The number of benzene rings is 1. The predicted octanol–water partition coefficient (Wildman–Crippen LogP) is 2.82. The largest absolute Gasteiger partial charge is 0.444 e. The van der Waals surface area contributed by atoms with Crippen molar-refractivity contribution in [3.63, 3.8) is 0 Å². The minimum atomic E-state index is -3.77. The van der Waals surface area contributed by atoms with Crippen molar-refractivity contribution in [2.24, 2.45) is 0 Å². The molecular formula is C20H21ClN4O5S. The Balaban J connectivity index is 1.36. The number of hydroxylamine groups is 3. The molecule has 0 radical (unpaired) electrons. The highest BCUT2D eigenvalue weighted by molar-refractivity contribution is 7.93. The Labute approximate surface area is 185 Å². The molecule has 4 heterocycles. The summed E-state index contributed by atoms with van der Waals surface area (Å²) in [6, 6.07) is 5.72. The molecule has 9 nitrogen and oxygen atoms in total. The highest BCUT2D eigenvalue weighted by Crippen LogP contribution is 2.37. The third-order valence-corrected chi connectivity index (χ3v) is 8.12. The van der Waals surface area contributed by atoms with Gasteiger partial charge in [0.25, 0.3) is 0 Å². The predicted molar refractivity (Wildman–Crippen MR) is 114 cm³/mol. The van der Waals surface area contributed by atoms with E-state index < -0.39 is 10.0 Å². The number of cyclic esters (lactones) is 1. The summed E-state index contributed by atoms with van der Waals surface area (Å²) in [4.78, 5) is 19.5. The molecule has 0 spiro atoms. The maximum absolute atomic E-state index is 13.3. The van der Waals surface area contributed by atoms with E-state index in [2.05, 4.69) is 5.48 Å². The first-order chi connectivity index (χ1) is 14.9. The number of fused-ring (bicyclic) bond motifs is 2. The Morgan fingerprint density at radius 3 is 2.74 bits per heavy atom. The highest BCUT2D eigenvalue weighted by Gasteiger charge is 2.41. The van der Waals surface area contributed by atoms with E-state index in [0.717, 1.165) is 16.8 Å². The van der Waals surface area contributed by atoms with E-state index in [1.54, 1.807) is 4.90 Å². The number of hydrogen-bond acceptors (Lipinski definition) is 7. The van der Waals surface area contributed by atoms with Crippen molar-refractivity contribution in [2.45, 2.75) is 32.4 Å².